The largest absolute Gasteiger partial charge is 0.497 e. The Morgan fingerprint density at radius 2 is 1.97 bits per heavy atom. The third-order valence-corrected chi connectivity index (χ3v) is 5.97. The second-order valence-corrected chi connectivity index (χ2v) is 7.80. The Labute approximate surface area is 177 Å². The Kier molecular flexibility index (Phi) is 5.52. The second-order valence-electron chi connectivity index (χ2n) is 7.80. The fourth-order valence-corrected chi connectivity index (χ4v) is 4.34. The van der Waals surface area contributed by atoms with Crippen molar-refractivity contribution >= 4 is 23.4 Å². The van der Waals surface area contributed by atoms with Crippen molar-refractivity contribution in [2.45, 2.75) is 12.8 Å². The van der Waals surface area contributed by atoms with Gasteiger partial charge in [-0.3, -0.25) is 14.6 Å². The number of anilines is 2. The number of carbonyl (C=O) groups excluding carboxylic acids is 1. The molecule has 0 spiro atoms. The maximum atomic E-state index is 13.1. The zero-order chi connectivity index (χ0) is 21.8. The monoisotopic (exact) mass is 411 g/mol. The summed E-state index contributed by atoms with van der Waals surface area (Å²) in [6.07, 6.45) is 1.33. The lowest BCUT2D eigenvalue weighted by atomic mass is 9.86. The van der Waals surface area contributed by atoms with Gasteiger partial charge in [-0.05, 0) is 61.7 Å². The molecule has 0 bridgehead atoms. The summed E-state index contributed by atoms with van der Waals surface area (Å²) in [5.74, 6) is -0.516. The van der Waals surface area contributed by atoms with Crippen molar-refractivity contribution in [3.05, 3.63) is 54.1 Å². The summed E-state index contributed by atoms with van der Waals surface area (Å²) in [5.41, 5.74) is 2.43. The van der Waals surface area contributed by atoms with Crippen molar-refractivity contribution in [2.24, 2.45) is 11.8 Å². The molecule has 0 aliphatic carbocycles. The molecule has 7 nitrogen and oxygen atoms in total. The number of methoxy groups -OCH3 is 1. The highest BCUT2D eigenvalue weighted by Gasteiger charge is 2.32. The molecule has 2 aliphatic rings. The number of amides is 2. The molecular weight excluding hydrogens is 382 g/mol. The van der Waals surface area contributed by atoms with Gasteiger partial charge in [0.15, 0.2) is 0 Å². The number of carboxylic acid groups (broad SMARTS) is 1. The fraction of sp³-hybridized carbons (Fsp3) is 0.391. The Bertz CT molecular complexity index is 948. The number of carboxylic acids is 1. The summed E-state index contributed by atoms with van der Waals surface area (Å²) < 4.78 is 12.4. The molecule has 2 aliphatic heterocycles. The molecule has 0 radical (unpaired) electrons. The highest BCUT2D eigenvalue weighted by atomic mass is 16.5. The minimum Gasteiger partial charge on any atom is -0.497 e. The third kappa shape index (κ3) is 4.11. The number of aliphatic carboxylic acids is 1. The van der Waals surface area contributed by atoms with E-state index in [0.29, 0.717) is 25.3 Å². The summed E-state index contributed by atoms with van der Waals surface area (Å²) >= 11 is 0. The number of hydrogen-bond acceptors (Lipinski definition) is 4. The minimum atomic E-state index is -0.766. The van der Waals surface area contributed by atoms with Gasteiger partial charge in [-0.15, -0.1) is 0 Å². The van der Waals surface area contributed by atoms with Crippen molar-refractivity contribution < 1.29 is 20.8 Å². The Morgan fingerprint density at radius 1 is 1.23 bits per heavy atom. The second kappa shape index (κ2) is 8.75. The molecule has 7 heteroatoms. The quantitative estimate of drug-likeness (QED) is 0.732. The van der Waals surface area contributed by atoms with E-state index in [2.05, 4.69) is 5.32 Å². The van der Waals surface area contributed by atoms with E-state index in [4.69, 9.17) is 6.11 Å². The SMILES string of the molecule is [3H]COc1cccc(N2CCN(c3cccc(C[C@H](C(=O)O)[C@H]4CCNC4)c3)C2=O)c1. The molecular formula is C23H27N3O4. The summed E-state index contributed by atoms with van der Waals surface area (Å²) in [6, 6.07) is 14.7. The molecule has 0 unspecified atom stereocenters. The standard InChI is InChI=1S/C23H27N3O4/c1-30-20-7-3-6-19(14-20)26-11-10-25(23(26)29)18-5-2-4-16(12-18)13-21(22(27)28)17-8-9-24-15-17/h2-7,12,14,17,21,24H,8-11,13,15H2,1H3,(H,27,28)/t17-,21-/m0/s1/i1T. The number of urea groups is 1. The molecule has 30 heavy (non-hydrogen) atoms. The maximum Gasteiger partial charge on any atom is 0.329 e. The van der Waals surface area contributed by atoms with E-state index in [1.54, 1.807) is 28.0 Å². The number of nitrogens with one attached hydrogen (secondary N) is 1. The molecule has 0 saturated carbocycles. The van der Waals surface area contributed by atoms with Crippen LogP contribution in [0.1, 0.15) is 13.4 Å². The first-order valence-corrected chi connectivity index (χ1v) is 10.2. The molecule has 2 atom stereocenters. The summed E-state index contributed by atoms with van der Waals surface area (Å²) in [6.45, 7) is 2.68. The van der Waals surface area contributed by atoms with Gasteiger partial charge in [0, 0.05) is 30.5 Å². The molecule has 2 heterocycles. The van der Waals surface area contributed by atoms with Gasteiger partial charge in [-0.1, -0.05) is 18.2 Å². The summed E-state index contributed by atoms with van der Waals surface area (Å²) in [4.78, 5) is 28.3. The molecule has 2 N–H and O–H groups in total. The lowest BCUT2D eigenvalue weighted by Gasteiger charge is -2.21. The molecule has 2 amide bonds. The van der Waals surface area contributed by atoms with E-state index in [9.17, 15) is 14.7 Å². The van der Waals surface area contributed by atoms with Crippen LogP contribution in [-0.2, 0) is 11.2 Å². The number of rotatable bonds is 7. The first-order valence-electron chi connectivity index (χ1n) is 10.9. The van der Waals surface area contributed by atoms with Crippen LogP contribution in [0.2, 0.25) is 0 Å². The molecule has 4 rings (SSSR count). The van der Waals surface area contributed by atoms with Crippen LogP contribution in [0.3, 0.4) is 0 Å². The van der Waals surface area contributed by atoms with Crippen LogP contribution >= 0.6 is 0 Å². The van der Waals surface area contributed by atoms with Gasteiger partial charge in [0.1, 0.15) is 5.75 Å². The molecule has 2 fully saturated rings. The van der Waals surface area contributed by atoms with E-state index in [1.165, 1.54) is 0 Å². The minimum absolute atomic E-state index is 0.128. The van der Waals surface area contributed by atoms with Gasteiger partial charge in [-0.2, -0.15) is 0 Å². The van der Waals surface area contributed by atoms with Crippen LogP contribution in [0.4, 0.5) is 16.2 Å². The van der Waals surface area contributed by atoms with Crippen LogP contribution in [-0.4, -0.2) is 50.4 Å². The number of ether oxygens (including phenoxy) is 1. The summed E-state index contributed by atoms with van der Waals surface area (Å²) in [5, 5.41) is 13.0. The van der Waals surface area contributed by atoms with Crippen LogP contribution in [0.15, 0.2) is 48.5 Å². The van der Waals surface area contributed by atoms with Gasteiger partial charge < -0.3 is 15.2 Å². The normalized spacial score (nSPS) is 20.3. The van der Waals surface area contributed by atoms with Gasteiger partial charge in [0.05, 0.1) is 14.4 Å². The first-order chi connectivity index (χ1) is 15.1. The predicted octanol–water partition coefficient (Wildman–Crippen LogP) is 2.99. The molecule has 0 aromatic heterocycles. The zero-order valence-electron chi connectivity index (χ0n) is 17.8. The first kappa shape index (κ1) is 18.9. The van der Waals surface area contributed by atoms with E-state index in [0.717, 1.165) is 36.4 Å². The summed E-state index contributed by atoms with van der Waals surface area (Å²) in [7, 11) is -0.176. The number of benzene rings is 2. The van der Waals surface area contributed by atoms with Crippen molar-refractivity contribution in [2.75, 3.05) is 43.1 Å². The molecule has 2 saturated heterocycles. The highest BCUT2D eigenvalue weighted by molar-refractivity contribution is 6.06. The van der Waals surface area contributed by atoms with E-state index < -0.39 is 11.9 Å². The van der Waals surface area contributed by atoms with Gasteiger partial charge >= 0.3 is 12.0 Å². The van der Waals surface area contributed by atoms with Gasteiger partial charge in [0.2, 0.25) is 0 Å². The highest BCUT2D eigenvalue weighted by Crippen LogP contribution is 2.29. The van der Waals surface area contributed by atoms with Crippen molar-refractivity contribution in [1.82, 2.24) is 5.32 Å². The van der Waals surface area contributed by atoms with Crippen LogP contribution in [0.25, 0.3) is 0 Å². The molecule has 158 valence electrons. The van der Waals surface area contributed by atoms with Gasteiger partial charge in [0.25, 0.3) is 0 Å². The number of carbonyl (C=O) groups is 2. The van der Waals surface area contributed by atoms with Crippen LogP contribution in [0, 0.1) is 11.8 Å². The average molecular weight is 411 g/mol. The molecule has 2 aromatic carbocycles. The Morgan fingerprint density at radius 3 is 2.63 bits per heavy atom. The van der Waals surface area contributed by atoms with E-state index >= 15 is 0 Å². The smallest absolute Gasteiger partial charge is 0.329 e. The van der Waals surface area contributed by atoms with Crippen LogP contribution < -0.4 is 19.9 Å². The average Bonchev–Trinajstić information content (AvgIpc) is 3.42. The Balaban J connectivity index is 1.49. The van der Waals surface area contributed by atoms with Crippen molar-refractivity contribution in [1.29, 1.82) is 0 Å². The molecule has 2 aromatic rings. The Hall–Kier alpha value is -3.06. The zero-order valence-corrected chi connectivity index (χ0v) is 16.8. The van der Waals surface area contributed by atoms with E-state index in [-0.39, 0.29) is 19.0 Å². The maximum absolute atomic E-state index is 13.1. The fourth-order valence-electron chi connectivity index (χ4n) is 4.34. The van der Waals surface area contributed by atoms with Crippen molar-refractivity contribution in [3.63, 3.8) is 0 Å². The van der Waals surface area contributed by atoms with E-state index in [1.807, 2.05) is 30.3 Å². The number of hydrogen-bond donors (Lipinski definition) is 2. The van der Waals surface area contributed by atoms with Gasteiger partial charge in [-0.25, -0.2) is 4.79 Å². The topological polar surface area (TPSA) is 82.1 Å². The van der Waals surface area contributed by atoms with Crippen molar-refractivity contribution in [3.8, 4) is 5.75 Å². The number of nitrogens with zero attached hydrogens (tertiary/aromatic N) is 2. The van der Waals surface area contributed by atoms with Crippen LogP contribution in [0.5, 0.6) is 5.75 Å². The third-order valence-electron chi connectivity index (χ3n) is 5.97. The lowest BCUT2D eigenvalue weighted by molar-refractivity contribution is -0.143. The lowest BCUT2D eigenvalue weighted by Crippen LogP contribution is -2.32. The predicted molar refractivity (Wildman–Crippen MR) is 115 cm³/mol.